The molecular weight excluding hydrogens is 260 g/mol. The molecule has 0 bridgehead atoms. The summed E-state index contributed by atoms with van der Waals surface area (Å²) in [6, 6.07) is 14.7. The molecule has 0 heterocycles. The summed E-state index contributed by atoms with van der Waals surface area (Å²) < 4.78 is 6.02. The maximum absolute atomic E-state index is 9.20. The summed E-state index contributed by atoms with van der Waals surface area (Å²) in [7, 11) is 0. The Labute approximate surface area is 126 Å². The van der Waals surface area contributed by atoms with Gasteiger partial charge in [0.25, 0.3) is 0 Å². The molecule has 3 heteroatoms. The third-order valence-corrected chi connectivity index (χ3v) is 3.66. The second-order valence-corrected chi connectivity index (χ2v) is 5.13. The first-order valence-corrected chi connectivity index (χ1v) is 7.52. The Balaban J connectivity index is 2.54. The van der Waals surface area contributed by atoms with Gasteiger partial charge in [0.1, 0.15) is 11.8 Å². The van der Waals surface area contributed by atoms with Gasteiger partial charge in [-0.25, -0.2) is 0 Å². The van der Waals surface area contributed by atoms with Crippen LogP contribution in [0.2, 0.25) is 0 Å². The fourth-order valence-electron chi connectivity index (χ4n) is 2.49. The fourth-order valence-corrected chi connectivity index (χ4v) is 2.49. The normalized spacial score (nSPS) is 13.6. The zero-order chi connectivity index (χ0) is 15.2. The largest absolute Gasteiger partial charge is 0.475 e. The molecule has 0 fully saturated rings. The molecule has 0 saturated heterocycles. The van der Waals surface area contributed by atoms with Gasteiger partial charge in [0, 0.05) is 17.0 Å². The minimum atomic E-state index is -0.414. The fraction of sp³-hybridized carbons (Fsp3) is 0.389. The topological polar surface area (TPSA) is 45.0 Å². The Morgan fingerprint density at radius 3 is 2.62 bits per heavy atom. The van der Waals surface area contributed by atoms with Crippen molar-refractivity contribution in [1.82, 2.24) is 5.32 Å². The molecule has 2 rings (SSSR count). The molecule has 2 aromatic rings. The second-order valence-electron chi connectivity index (χ2n) is 5.13. The number of nitrogens with one attached hydrogen (secondary N) is 1. The predicted molar refractivity (Wildman–Crippen MR) is 86.4 cm³/mol. The molecule has 110 valence electrons. The van der Waals surface area contributed by atoms with E-state index in [4.69, 9.17) is 4.74 Å². The van der Waals surface area contributed by atoms with E-state index in [-0.39, 0.29) is 6.04 Å². The second kappa shape index (κ2) is 7.10. The number of ether oxygens (including phenoxy) is 1. The molecule has 0 radical (unpaired) electrons. The van der Waals surface area contributed by atoms with Gasteiger partial charge in [-0.2, -0.15) is 5.26 Å². The van der Waals surface area contributed by atoms with Crippen molar-refractivity contribution in [3.8, 4) is 11.8 Å². The Hall–Kier alpha value is -2.05. The molecule has 0 aliphatic rings. The average molecular weight is 282 g/mol. The number of hydrogen-bond acceptors (Lipinski definition) is 3. The number of nitriles is 1. The highest BCUT2D eigenvalue weighted by Gasteiger charge is 2.17. The number of rotatable bonds is 6. The van der Waals surface area contributed by atoms with Crippen LogP contribution in [0, 0.1) is 11.3 Å². The minimum absolute atomic E-state index is 0.186. The van der Waals surface area contributed by atoms with Gasteiger partial charge in [0.05, 0.1) is 0 Å². The highest BCUT2D eigenvalue weighted by Crippen LogP contribution is 2.34. The summed E-state index contributed by atoms with van der Waals surface area (Å²) in [6.45, 7) is 7.06. The van der Waals surface area contributed by atoms with E-state index in [9.17, 15) is 5.26 Å². The van der Waals surface area contributed by atoms with Crippen molar-refractivity contribution in [3.05, 3.63) is 42.0 Å². The zero-order valence-electron chi connectivity index (χ0n) is 12.9. The molecule has 0 aliphatic carbocycles. The summed E-state index contributed by atoms with van der Waals surface area (Å²) in [6.07, 6.45) is 0.262. The third-order valence-electron chi connectivity index (χ3n) is 3.66. The summed E-state index contributed by atoms with van der Waals surface area (Å²) in [5.41, 5.74) is 1.10. The highest BCUT2D eigenvalue weighted by atomic mass is 16.5. The van der Waals surface area contributed by atoms with Crippen LogP contribution in [0.4, 0.5) is 0 Å². The number of fused-ring (bicyclic) bond motifs is 1. The molecular formula is C18H22N2O. The Bertz CT molecular complexity index is 645. The van der Waals surface area contributed by atoms with Crippen LogP contribution in [0.3, 0.4) is 0 Å². The molecule has 3 nitrogen and oxygen atoms in total. The maximum atomic E-state index is 9.20. The molecule has 2 aromatic carbocycles. The van der Waals surface area contributed by atoms with Crippen LogP contribution in [0.15, 0.2) is 36.4 Å². The van der Waals surface area contributed by atoms with Crippen molar-refractivity contribution in [2.45, 2.75) is 39.3 Å². The van der Waals surface area contributed by atoms with Crippen molar-refractivity contribution in [1.29, 1.82) is 5.26 Å². The van der Waals surface area contributed by atoms with E-state index in [0.29, 0.717) is 6.42 Å². The first kappa shape index (κ1) is 15.3. The first-order valence-electron chi connectivity index (χ1n) is 7.52. The lowest BCUT2D eigenvalue weighted by Crippen LogP contribution is -2.20. The van der Waals surface area contributed by atoms with E-state index in [1.54, 1.807) is 0 Å². The molecule has 0 amide bonds. The van der Waals surface area contributed by atoms with Crippen LogP contribution < -0.4 is 10.1 Å². The maximum Gasteiger partial charge on any atom is 0.184 e. The lowest BCUT2D eigenvalue weighted by Gasteiger charge is -2.21. The van der Waals surface area contributed by atoms with Crippen LogP contribution in [0.25, 0.3) is 10.8 Å². The van der Waals surface area contributed by atoms with Gasteiger partial charge in [-0.15, -0.1) is 0 Å². The molecule has 0 spiro atoms. The van der Waals surface area contributed by atoms with Crippen LogP contribution in [-0.2, 0) is 0 Å². The molecule has 2 unspecified atom stereocenters. The Morgan fingerprint density at radius 2 is 1.95 bits per heavy atom. The van der Waals surface area contributed by atoms with Crippen molar-refractivity contribution in [2.24, 2.45) is 0 Å². The van der Waals surface area contributed by atoms with Crippen LogP contribution in [-0.4, -0.2) is 12.6 Å². The van der Waals surface area contributed by atoms with Gasteiger partial charge in [-0.1, -0.05) is 50.2 Å². The van der Waals surface area contributed by atoms with E-state index in [2.05, 4.69) is 49.5 Å². The van der Waals surface area contributed by atoms with Gasteiger partial charge in [0.2, 0.25) is 0 Å². The molecule has 0 aliphatic heterocycles. The summed E-state index contributed by atoms with van der Waals surface area (Å²) in [5, 5.41) is 14.8. The quantitative estimate of drug-likeness (QED) is 0.864. The van der Waals surface area contributed by atoms with E-state index in [0.717, 1.165) is 28.6 Å². The standard InChI is InChI=1S/C18H22N2O/c1-4-15(12-19)21-18-16(13(3)20-5-2)11-10-14-8-6-7-9-17(14)18/h6-11,13,15,20H,4-5H2,1-3H3. The molecule has 0 saturated carbocycles. The van der Waals surface area contributed by atoms with Gasteiger partial charge in [0.15, 0.2) is 6.10 Å². The molecule has 21 heavy (non-hydrogen) atoms. The van der Waals surface area contributed by atoms with Crippen LogP contribution in [0.1, 0.15) is 38.8 Å². The molecule has 0 aromatic heterocycles. The molecule has 2 atom stereocenters. The lowest BCUT2D eigenvalue weighted by molar-refractivity contribution is 0.250. The smallest absolute Gasteiger partial charge is 0.184 e. The van der Waals surface area contributed by atoms with Crippen molar-refractivity contribution < 1.29 is 4.74 Å². The monoisotopic (exact) mass is 282 g/mol. The van der Waals surface area contributed by atoms with Crippen LogP contribution >= 0.6 is 0 Å². The van der Waals surface area contributed by atoms with Crippen molar-refractivity contribution in [3.63, 3.8) is 0 Å². The summed E-state index contributed by atoms with van der Waals surface area (Å²) in [5.74, 6) is 0.829. The number of hydrogen-bond donors (Lipinski definition) is 1. The lowest BCUT2D eigenvalue weighted by atomic mass is 10.0. The Morgan fingerprint density at radius 1 is 1.19 bits per heavy atom. The average Bonchev–Trinajstić information content (AvgIpc) is 2.52. The van der Waals surface area contributed by atoms with E-state index in [1.807, 2.05) is 19.1 Å². The van der Waals surface area contributed by atoms with Crippen LogP contribution in [0.5, 0.6) is 5.75 Å². The minimum Gasteiger partial charge on any atom is -0.475 e. The van der Waals surface area contributed by atoms with E-state index >= 15 is 0 Å². The summed E-state index contributed by atoms with van der Waals surface area (Å²) >= 11 is 0. The van der Waals surface area contributed by atoms with Gasteiger partial charge in [-0.3, -0.25) is 0 Å². The van der Waals surface area contributed by atoms with Gasteiger partial charge < -0.3 is 10.1 Å². The molecule has 1 N–H and O–H groups in total. The van der Waals surface area contributed by atoms with E-state index in [1.165, 1.54) is 0 Å². The van der Waals surface area contributed by atoms with Gasteiger partial charge >= 0.3 is 0 Å². The zero-order valence-corrected chi connectivity index (χ0v) is 12.9. The van der Waals surface area contributed by atoms with Gasteiger partial charge in [-0.05, 0) is 25.3 Å². The SMILES string of the molecule is CCNC(C)c1ccc2ccccc2c1OC(C#N)CC. The van der Waals surface area contributed by atoms with Crippen molar-refractivity contribution in [2.75, 3.05) is 6.54 Å². The number of nitrogens with zero attached hydrogens (tertiary/aromatic N) is 1. The Kier molecular flexibility index (Phi) is 5.19. The number of benzene rings is 2. The van der Waals surface area contributed by atoms with Crippen molar-refractivity contribution >= 4 is 10.8 Å². The first-order chi connectivity index (χ1) is 10.2. The predicted octanol–water partition coefficient (Wildman–Crippen LogP) is 4.19. The summed E-state index contributed by atoms with van der Waals surface area (Å²) in [4.78, 5) is 0. The third kappa shape index (κ3) is 3.34. The highest BCUT2D eigenvalue weighted by molar-refractivity contribution is 5.89. The van der Waals surface area contributed by atoms with E-state index < -0.39 is 6.10 Å².